The molecular weight excluding hydrogens is 410 g/mol. The number of carbonyl (C=O) groups is 1. The first-order chi connectivity index (χ1) is 15.6. The van der Waals surface area contributed by atoms with E-state index in [0.717, 1.165) is 22.7 Å². The van der Waals surface area contributed by atoms with Crippen LogP contribution in [0.4, 0.5) is 10.6 Å². The molecule has 3 aromatic rings. The number of hydrogen-bond donors (Lipinski definition) is 3. The highest BCUT2D eigenvalue weighted by Gasteiger charge is 2.29. The van der Waals surface area contributed by atoms with Gasteiger partial charge in [-0.1, -0.05) is 17.4 Å². The molecule has 0 saturated heterocycles. The van der Waals surface area contributed by atoms with E-state index in [4.69, 9.17) is 0 Å². The number of amides is 2. The predicted octanol–water partition coefficient (Wildman–Crippen LogP) is 2.48. The number of urea groups is 1. The summed E-state index contributed by atoms with van der Waals surface area (Å²) in [5.74, 6) is 0.420. The lowest BCUT2D eigenvalue weighted by Crippen LogP contribution is -2.28. The molecule has 1 aliphatic carbocycles. The van der Waals surface area contributed by atoms with Gasteiger partial charge in [-0.05, 0) is 43.2 Å². The Kier molecular flexibility index (Phi) is 4.98. The molecule has 11 heteroatoms. The van der Waals surface area contributed by atoms with Crippen LogP contribution in [-0.4, -0.2) is 43.2 Å². The Hall–Kier alpha value is -4.28. The Morgan fingerprint density at radius 2 is 2.19 bits per heavy atom. The van der Waals surface area contributed by atoms with Gasteiger partial charge in [0.1, 0.15) is 6.04 Å². The highest BCUT2D eigenvalue weighted by Crippen LogP contribution is 2.33. The molecule has 4 heterocycles. The summed E-state index contributed by atoms with van der Waals surface area (Å²) < 4.78 is 1.62. The summed E-state index contributed by atoms with van der Waals surface area (Å²) in [5, 5.41) is 20.4. The van der Waals surface area contributed by atoms with Gasteiger partial charge in [-0.25, -0.2) is 14.3 Å². The van der Waals surface area contributed by atoms with Crippen LogP contribution in [0.15, 0.2) is 69.5 Å². The molecule has 5 rings (SSSR count). The minimum absolute atomic E-state index is 0.127. The van der Waals surface area contributed by atoms with E-state index in [1.165, 1.54) is 6.07 Å². The van der Waals surface area contributed by atoms with Crippen molar-refractivity contribution >= 4 is 23.1 Å². The Morgan fingerprint density at radius 1 is 1.28 bits per heavy atom. The zero-order valence-corrected chi connectivity index (χ0v) is 17.3. The van der Waals surface area contributed by atoms with Crippen molar-refractivity contribution in [3.05, 3.63) is 76.1 Å². The van der Waals surface area contributed by atoms with Crippen LogP contribution in [0.25, 0.3) is 11.2 Å². The molecule has 3 N–H and O–H groups in total. The zero-order chi connectivity index (χ0) is 22.1. The van der Waals surface area contributed by atoms with Gasteiger partial charge in [0.05, 0.1) is 24.1 Å². The third-order valence-corrected chi connectivity index (χ3v) is 5.18. The predicted molar refractivity (Wildman–Crippen MR) is 118 cm³/mol. The molecule has 0 fully saturated rings. The van der Waals surface area contributed by atoms with Gasteiger partial charge in [0, 0.05) is 18.3 Å². The van der Waals surface area contributed by atoms with Crippen LogP contribution in [-0.2, 0) is 6.54 Å². The molecule has 1 atom stereocenters. The average Bonchev–Trinajstić information content (AvgIpc) is 3.36. The number of hydrogen-bond acceptors (Lipinski definition) is 7. The number of carbonyl (C=O) groups excluding carboxylic acids is 1. The van der Waals surface area contributed by atoms with Crippen molar-refractivity contribution in [1.82, 2.24) is 29.9 Å². The van der Waals surface area contributed by atoms with Gasteiger partial charge in [0.25, 0.3) is 0 Å². The molecule has 1 unspecified atom stereocenters. The van der Waals surface area contributed by atoms with Crippen molar-refractivity contribution in [3.8, 4) is 0 Å². The van der Waals surface area contributed by atoms with Gasteiger partial charge in [-0.2, -0.15) is 5.10 Å². The van der Waals surface area contributed by atoms with E-state index in [0.29, 0.717) is 31.0 Å². The van der Waals surface area contributed by atoms with Crippen molar-refractivity contribution in [1.29, 1.82) is 0 Å². The van der Waals surface area contributed by atoms with Crippen LogP contribution >= 0.6 is 0 Å². The summed E-state index contributed by atoms with van der Waals surface area (Å²) in [6.07, 6.45) is 6.44. The van der Waals surface area contributed by atoms with Crippen molar-refractivity contribution < 1.29 is 4.79 Å². The molecule has 0 bridgehead atoms. The highest BCUT2D eigenvalue weighted by atomic mass is 16.2. The van der Waals surface area contributed by atoms with Crippen LogP contribution in [0.3, 0.4) is 0 Å². The topological polar surface area (TPSA) is 132 Å². The number of anilines is 1. The van der Waals surface area contributed by atoms with Crippen LogP contribution in [0.5, 0.6) is 0 Å². The fourth-order valence-electron chi connectivity index (χ4n) is 3.70. The lowest BCUT2D eigenvalue weighted by molar-refractivity contribution is 0.252. The van der Waals surface area contributed by atoms with Gasteiger partial charge in [0.15, 0.2) is 11.5 Å². The van der Waals surface area contributed by atoms with Crippen LogP contribution in [0.1, 0.15) is 24.7 Å². The largest absolute Gasteiger partial charge is 0.338 e. The number of rotatable bonds is 5. The van der Waals surface area contributed by atoms with Crippen LogP contribution in [0, 0.1) is 0 Å². The van der Waals surface area contributed by atoms with Crippen molar-refractivity contribution in [3.63, 3.8) is 0 Å². The summed E-state index contributed by atoms with van der Waals surface area (Å²) >= 11 is 0. The first kappa shape index (κ1) is 19.7. The van der Waals surface area contributed by atoms with Crippen molar-refractivity contribution in [2.24, 2.45) is 10.3 Å². The third-order valence-electron chi connectivity index (χ3n) is 5.18. The van der Waals surface area contributed by atoms with Gasteiger partial charge in [-0.3, -0.25) is 15.1 Å². The standard InChI is InChI=1S/C21H21N9O2/c1-2-22-21(32)25-18-12-30-19(24-18)9-7-14(27-30)11-29-17-10-13(6-8-16(17)26-28-29)15-4-3-5-20(31)23-15/h3-5,7-10,12,17H,2,6,11H2,1H3,(H,23,31)(H2,22,25,32). The molecule has 0 radical (unpaired) electrons. The maximum atomic E-state index is 11.7. The molecule has 1 aliphatic heterocycles. The molecule has 2 amide bonds. The van der Waals surface area contributed by atoms with Crippen molar-refractivity contribution in [2.45, 2.75) is 25.9 Å². The summed E-state index contributed by atoms with van der Waals surface area (Å²) in [6, 6.07) is 8.40. The number of nitrogens with zero attached hydrogens (tertiary/aromatic N) is 6. The van der Waals surface area contributed by atoms with E-state index in [1.807, 2.05) is 36.2 Å². The molecule has 11 nitrogen and oxygen atoms in total. The normalized spacial score (nSPS) is 17.2. The Labute approximate surface area is 182 Å². The molecule has 0 saturated carbocycles. The first-order valence-corrected chi connectivity index (χ1v) is 10.3. The summed E-state index contributed by atoms with van der Waals surface area (Å²) in [7, 11) is 0. The summed E-state index contributed by atoms with van der Waals surface area (Å²) in [5.41, 5.74) is 3.96. The second-order valence-electron chi connectivity index (χ2n) is 7.42. The van der Waals surface area contributed by atoms with E-state index in [-0.39, 0.29) is 17.6 Å². The maximum absolute atomic E-state index is 11.7. The van der Waals surface area contributed by atoms with Gasteiger partial charge in [0.2, 0.25) is 5.56 Å². The second-order valence-corrected chi connectivity index (χ2v) is 7.42. The molecule has 0 aromatic carbocycles. The number of allylic oxidation sites excluding steroid dienone is 2. The van der Waals surface area contributed by atoms with Crippen LogP contribution < -0.4 is 16.2 Å². The fourth-order valence-corrected chi connectivity index (χ4v) is 3.70. The Bertz CT molecular complexity index is 1330. The average molecular weight is 431 g/mol. The minimum Gasteiger partial charge on any atom is -0.338 e. The van der Waals surface area contributed by atoms with E-state index in [2.05, 4.69) is 42.1 Å². The molecule has 2 aliphatic rings. The number of fused-ring (bicyclic) bond motifs is 2. The number of pyridine rings is 1. The molecular formula is C21H21N9O2. The van der Waals surface area contributed by atoms with Crippen LogP contribution in [0.2, 0.25) is 0 Å². The first-order valence-electron chi connectivity index (χ1n) is 10.3. The van der Waals surface area contributed by atoms with Crippen molar-refractivity contribution in [2.75, 3.05) is 11.9 Å². The number of aromatic amines is 1. The Morgan fingerprint density at radius 3 is 3.03 bits per heavy atom. The Balaban J connectivity index is 1.35. The quantitative estimate of drug-likeness (QED) is 0.571. The summed E-state index contributed by atoms with van der Waals surface area (Å²) in [4.78, 5) is 30.6. The third kappa shape index (κ3) is 3.87. The number of H-pyrrole nitrogens is 1. The zero-order valence-electron chi connectivity index (χ0n) is 17.3. The summed E-state index contributed by atoms with van der Waals surface area (Å²) in [6.45, 7) is 2.81. The molecule has 3 aromatic heterocycles. The number of aromatic nitrogens is 4. The number of nitrogens with one attached hydrogen (secondary N) is 3. The van der Waals surface area contributed by atoms with E-state index in [9.17, 15) is 9.59 Å². The monoisotopic (exact) mass is 431 g/mol. The van der Waals surface area contributed by atoms with Gasteiger partial charge in [-0.15, -0.1) is 5.11 Å². The van der Waals surface area contributed by atoms with Gasteiger partial charge < -0.3 is 10.3 Å². The second kappa shape index (κ2) is 8.10. The lowest BCUT2D eigenvalue weighted by Gasteiger charge is -2.23. The van der Waals surface area contributed by atoms with Gasteiger partial charge >= 0.3 is 6.03 Å². The molecule has 162 valence electrons. The van der Waals surface area contributed by atoms with E-state index in [1.54, 1.807) is 16.8 Å². The smallest absolute Gasteiger partial charge is 0.320 e. The highest BCUT2D eigenvalue weighted by molar-refractivity contribution is 5.88. The number of imidazole rings is 1. The fraction of sp³-hybridized carbons (Fsp3) is 0.238. The molecule has 0 spiro atoms. The lowest BCUT2D eigenvalue weighted by atomic mass is 9.97. The minimum atomic E-state index is -0.312. The van der Waals surface area contributed by atoms with E-state index >= 15 is 0 Å². The SMILES string of the molecule is CCNC(=O)Nc1cn2nc(CN3N=NC4=CCC(c5cccc(=O)[nH]5)=CC43)ccc2n1. The van der Waals surface area contributed by atoms with E-state index < -0.39 is 0 Å². The maximum Gasteiger partial charge on any atom is 0.320 e. The molecule has 32 heavy (non-hydrogen) atoms.